The van der Waals surface area contributed by atoms with Crippen molar-refractivity contribution in [2.75, 3.05) is 6.61 Å². The Morgan fingerprint density at radius 2 is 2.28 bits per heavy atom. The topological polar surface area (TPSA) is 129 Å². The van der Waals surface area contributed by atoms with E-state index in [9.17, 15) is 9.59 Å². The van der Waals surface area contributed by atoms with Crippen LogP contribution in [0, 0.1) is 0 Å². The van der Waals surface area contributed by atoms with E-state index in [1.54, 1.807) is 11.6 Å². The molecule has 0 saturated carbocycles. The number of carboxylic acids is 1. The predicted molar refractivity (Wildman–Crippen MR) is 59.5 cm³/mol. The maximum absolute atomic E-state index is 11.4. The SMILES string of the molecule is Cn1cnnc1CNC(=O)N[C@@H](CCO)C(=O)O. The highest BCUT2D eigenvalue weighted by atomic mass is 16.4. The van der Waals surface area contributed by atoms with E-state index < -0.39 is 18.0 Å². The predicted octanol–water partition coefficient (Wildman–Crippen LogP) is -1.55. The zero-order valence-electron chi connectivity index (χ0n) is 9.83. The molecule has 1 heterocycles. The van der Waals surface area contributed by atoms with Gasteiger partial charge in [-0.05, 0) is 0 Å². The Kier molecular flexibility index (Phi) is 5.06. The molecule has 1 rings (SSSR count). The number of aliphatic carboxylic acids is 1. The fraction of sp³-hybridized carbons (Fsp3) is 0.556. The number of urea groups is 1. The van der Waals surface area contributed by atoms with Crippen LogP contribution in [-0.2, 0) is 18.4 Å². The molecule has 4 N–H and O–H groups in total. The van der Waals surface area contributed by atoms with Crippen molar-refractivity contribution in [2.24, 2.45) is 7.05 Å². The molecular weight excluding hydrogens is 242 g/mol. The van der Waals surface area contributed by atoms with E-state index in [0.717, 1.165) is 0 Å². The molecule has 0 radical (unpaired) electrons. The Bertz CT molecular complexity index is 419. The first-order valence-corrected chi connectivity index (χ1v) is 5.25. The zero-order chi connectivity index (χ0) is 13.5. The lowest BCUT2D eigenvalue weighted by Gasteiger charge is -2.13. The van der Waals surface area contributed by atoms with E-state index >= 15 is 0 Å². The summed E-state index contributed by atoms with van der Waals surface area (Å²) >= 11 is 0. The van der Waals surface area contributed by atoms with Gasteiger partial charge in [-0.1, -0.05) is 0 Å². The van der Waals surface area contributed by atoms with E-state index in [1.165, 1.54) is 6.33 Å². The number of aromatic nitrogens is 3. The number of hydrogen-bond donors (Lipinski definition) is 4. The van der Waals surface area contributed by atoms with Crippen molar-refractivity contribution < 1.29 is 19.8 Å². The lowest BCUT2D eigenvalue weighted by Crippen LogP contribution is -2.46. The fourth-order valence-corrected chi connectivity index (χ4v) is 1.22. The van der Waals surface area contributed by atoms with Crippen molar-refractivity contribution in [1.82, 2.24) is 25.4 Å². The largest absolute Gasteiger partial charge is 0.480 e. The normalized spacial score (nSPS) is 11.9. The highest BCUT2D eigenvalue weighted by Gasteiger charge is 2.19. The number of aryl methyl sites for hydroxylation is 1. The maximum Gasteiger partial charge on any atom is 0.326 e. The molecule has 0 aliphatic carbocycles. The van der Waals surface area contributed by atoms with Crippen molar-refractivity contribution >= 4 is 12.0 Å². The molecule has 0 aliphatic heterocycles. The number of nitrogens with zero attached hydrogens (tertiary/aromatic N) is 3. The van der Waals surface area contributed by atoms with Gasteiger partial charge in [-0.25, -0.2) is 9.59 Å². The molecule has 0 bridgehead atoms. The molecule has 0 aromatic carbocycles. The molecule has 0 fully saturated rings. The quantitative estimate of drug-likeness (QED) is 0.488. The molecule has 100 valence electrons. The molecule has 0 unspecified atom stereocenters. The molecule has 0 spiro atoms. The highest BCUT2D eigenvalue weighted by molar-refractivity contribution is 5.82. The van der Waals surface area contributed by atoms with Gasteiger partial charge in [0.05, 0.1) is 6.54 Å². The second-order valence-electron chi connectivity index (χ2n) is 3.59. The Labute approximate surface area is 103 Å². The summed E-state index contributed by atoms with van der Waals surface area (Å²) in [5, 5.41) is 29.5. The van der Waals surface area contributed by atoms with Gasteiger partial charge in [0, 0.05) is 20.1 Å². The number of aliphatic hydroxyl groups is 1. The van der Waals surface area contributed by atoms with Crippen molar-refractivity contribution in [2.45, 2.75) is 19.0 Å². The summed E-state index contributed by atoms with van der Waals surface area (Å²) in [4.78, 5) is 22.1. The first-order chi connectivity index (χ1) is 8.54. The standard InChI is InChI=1S/C9H15N5O4/c1-14-5-11-13-7(14)4-10-9(18)12-6(2-3-15)8(16)17/h5-6,15H,2-4H2,1H3,(H,16,17)(H2,10,12,18)/t6-/m0/s1. The maximum atomic E-state index is 11.4. The van der Waals surface area contributed by atoms with Crippen molar-refractivity contribution in [3.63, 3.8) is 0 Å². The molecule has 1 atom stereocenters. The van der Waals surface area contributed by atoms with Crippen LogP contribution in [0.3, 0.4) is 0 Å². The van der Waals surface area contributed by atoms with Gasteiger partial charge in [0.1, 0.15) is 12.4 Å². The molecular formula is C9H15N5O4. The van der Waals surface area contributed by atoms with Crippen LogP contribution in [-0.4, -0.2) is 49.6 Å². The lowest BCUT2D eigenvalue weighted by molar-refractivity contribution is -0.139. The minimum atomic E-state index is -1.20. The summed E-state index contributed by atoms with van der Waals surface area (Å²) in [5.74, 6) is -0.656. The highest BCUT2D eigenvalue weighted by Crippen LogP contribution is 1.93. The van der Waals surface area contributed by atoms with Gasteiger partial charge < -0.3 is 25.4 Å². The van der Waals surface area contributed by atoms with Crippen LogP contribution in [0.2, 0.25) is 0 Å². The third-order valence-electron chi connectivity index (χ3n) is 2.23. The molecule has 9 nitrogen and oxygen atoms in total. The number of aliphatic hydroxyl groups excluding tert-OH is 1. The first-order valence-electron chi connectivity index (χ1n) is 5.25. The molecule has 0 saturated heterocycles. The summed E-state index contributed by atoms with van der Waals surface area (Å²) < 4.78 is 1.63. The Balaban J connectivity index is 2.41. The number of carbonyl (C=O) groups is 2. The average Bonchev–Trinajstić information content (AvgIpc) is 2.71. The van der Waals surface area contributed by atoms with Crippen molar-refractivity contribution in [1.29, 1.82) is 0 Å². The van der Waals surface area contributed by atoms with E-state index in [0.29, 0.717) is 5.82 Å². The Morgan fingerprint density at radius 3 is 2.78 bits per heavy atom. The van der Waals surface area contributed by atoms with Gasteiger partial charge in [0.15, 0.2) is 5.82 Å². The first kappa shape index (κ1) is 13.9. The molecule has 0 aliphatic rings. The lowest BCUT2D eigenvalue weighted by atomic mass is 10.2. The molecule has 18 heavy (non-hydrogen) atoms. The second kappa shape index (κ2) is 6.55. The van der Waals surface area contributed by atoms with Crippen molar-refractivity contribution in [3.05, 3.63) is 12.2 Å². The van der Waals surface area contributed by atoms with Crippen LogP contribution in [0.4, 0.5) is 4.79 Å². The summed E-state index contributed by atoms with van der Waals surface area (Å²) in [7, 11) is 1.72. The van der Waals surface area contributed by atoms with Crippen LogP contribution in [0.1, 0.15) is 12.2 Å². The number of nitrogens with one attached hydrogen (secondary N) is 2. The number of amides is 2. The summed E-state index contributed by atoms with van der Waals surface area (Å²) in [5.41, 5.74) is 0. The van der Waals surface area contributed by atoms with Crippen LogP contribution in [0.5, 0.6) is 0 Å². The number of carbonyl (C=O) groups excluding carboxylic acids is 1. The van der Waals surface area contributed by atoms with Gasteiger partial charge >= 0.3 is 12.0 Å². The smallest absolute Gasteiger partial charge is 0.326 e. The number of rotatable bonds is 6. The molecule has 1 aromatic rings. The summed E-state index contributed by atoms with van der Waals surface area (Å²) in [6.45, 7) is -0.186. The van der Waals surface area contributed by atoms with Crippen LogP contribution in [0.25, 0.3) is 0 Å². The van der Waals surface area contributed by atoms with Gasteiger partial charge in [-0.2, -0.15) is 0 Å². The Morgan fingerprint density at radius 1 is 1.56 bits per heavy atom. The molecule has 1 aromatic heterocycles. The zero-order valence-corrected chi connectivity index (χ0v) is 9.83. The van der Waals surface area contributed by atoms with Crippen molar-refractivity contribution in [3.8, 4) is 0 Å². The van der Waals surface area contributed by atoms with Crippen LogP contribution >= 0.6 is 0 Å². The van der Waals surface area contributed by atoms with Gasteiger partial charge in [0.25, 0.3) is 0 Å². The van der Waals surface area contributed by atoms with Crippen LogP contribution in [0.15, 0.2) is 6.33 Å². The van der Waals surface area contributed by atoms with E-state index in [-0.39, 0.29) is 19.6 Å². The molecule has 2 amide bonds. The number of carboxylic acid groups (broad SMARTS) is 1. The van der Waals surface area contributed by atoms with Gasteiger partial charge in [0.2, 0.25) is 0 Å². The summed E-state index contributed by atoms with van der Waals surface area (Å²) in [6.07, 6.45) is 1.44. The minimum Gasteiger partial charge on any atom is -0.480 e. The van der Waals surface area contributed by atoms with E-state index in [4.69, 9.17) is 10.2 Å². The summed E-state index contributed by atoms with van der Waals surface area (Å²) in [6, 6.07) is -1.76. The van der Waals surface area contributed by atoms with Gasteiger partial charge in [-0.3, -0.25) is 0 Å². The third-order valence-corrected chi connectivity index (χ3v) is 2.23. The average molecular weight is 257 g/mol. The monoisotopic (exact) mass is 257 g/mol. The number of hydrogen-bond acceptors (Lipinski definition) is 5. The minimum absolute atomic E-state index is 0.0489. The van der Waals surface area contributed by atoms with Crippen LogP contribution < -0.4 is 10.6 Å². The van der Waals surface area contributed by atoms with E-state index in [1.807, 2.05) is 0 Å². The van der Waals surface area contributed by atoms with Gasteiger partial charge in [-0.15, -0.1) is 10.2 Å². The second-order valence-corrected chi connectivity index (χ2v) is 3.59. The Hall–Kier alpha value is -2.16. The third kappa shape index (κ3) is 4.01. The van der Waals surface area contributed by atoms with E-state index in [2.05, 4.69) is 20.8 Å². The molecule has 9 heteroatoms. The fourth-order valence-electron chi connectivity index (χ4n) is 1.22.